The van der Waals surface area contributed by atoms with E-state index in [0.717, 1.165) is 44.9 Å². The van der Waals surface area contributed by atoms with Crippen LogP contribution in [0.4, 0.5) is 0 Å². The molecule has 2 heterocycles. The molecule has 198 valence electrons. The molecule has 4 aliphatic rings. The summed E-state index contributed by atoms with van der Waals surface area (Å²) in [7, 11) is 0. The van der Waals surface area contributed by atoms with Gasteiger partial charge in [0.25, 0.3) is 5.91 Å². The monoisotopic (exact) mass is 546 g/mol. The molecule has 8 nitrogen and oxygen atoms in total. The Balaban J connectivity index is 1.26. The highest BCUT2D eigenvalue weighted by atomic mass is 35.5. The summed E-state index contributed by atoms with van der Waals surface area (Å²) in [5, 5.41) is 16.4. The van der Waals surface area contributed by atoms with Gasteiger partial charge in [0.05, 0.1) is 11.1 Å². The first-order valence-corrected chi connectivity index (χ1v) is 13.9. The minimum absolute atomic E-state index is 0.0381. The van der Waals surface area contributed by atoms with Crippen LogP contribution in [0, 0.1) is 22.7 Å². The molecule has 5 rings (SSSR count). The van der Waals surface area contributed by atoms with Crippen LogP contribution in [0.1, 0.15) is 64.2 Å². The van der Waals surface area contributed by atoms with Gasteiger partial charge in [-0.25, -0.2) is 0 Å². The first kappa shape index (κ1) is 26.1. The summed E-state index contributed by atoms with van der Waals surface area (Å²) in [4.78, 5) is 40.8. The average Bonchev–Trinajstić information content (AvgIpc) is 3.41. The fraction of sp³-hybridized carbons (Fsp3) is 0.630. The number of benzene rings is 1. The minimum atomic E-state index is -0.791. The van der Waals surface area contributed by atoms with E-state index in [1.54, 1.807) is 23.1 Å². The lowest BCUT2D eigenvalue weighted by Gasteiger charge is -2.33. The summed E-state index contributed by atoms with van der Waals surface area (Å²) in [5.41, 5.74) is -0.180. The maximum absolute atomic E-state index is 13.5. The molecule has 2 N–H and O–H groups in total. The molecule has 0 aromatic heterocycles. The van der Waals surface area contributed by atoms with Gasteiger partial charge < -0.3 is 20.3 Å². The highest BCUT2D eigenvalue weighted by Crippen LogP contribution is 2.47. The van der Waals surface area contributed by atoms with E-state index in [4.69, 9.17) is 27.9 Å². The van der Waals surface area contributed by atoms with Crippen molar-refractivity contribution in [3.8, 4) is 11.8 Å². The van der Waals surface area contributed by atoms with E-state index in [2.05, 4.69) is 16.7 Å². The van der Waals surface area contributed by atoms with E-state index in [9.17, 15) is 19.6 Å². The predicted octanol–water partition coefficient (Wildman–Crippen LogP) is 3.99. The molecular formula is C27H32Cl2N4O4. The molecule has 2 aliphatic heterocycles. The lowest BCUT2D eigenvalue weighted by molar-refractivity contribution is -0.140. The predicted molar refractivity (Wildman–Crippen MR) is 138 cm³/mol. The van der Waals surface area contributed by atoms with Crippen molar-refractivity contribution in [2.24, 2.45) is 11.3 Å². The average molecular weight is 547 g/mol. The summed E-state index contributed by atoms with van der Waals surface area (Å²) in [6.07, 6.45) is 8.75. The van der Waals surface area contributed by atoms with Gasteiger partial charge in [-0.2, -0.15) is 5.26 Å². The summed E-state index contributed by atoms with van der Waals surface area (Å²) in [5.74, 6) is -0.612. The number of nitrogens with one attached hydrogen (secondary N) is 2. The Kier molecular flexibility index (Phi) is 7.30. The SMILES string of the molecule is N#C[C@H](C[C@@H]1CC2(CC2)NC1=O)NC(=O)[C@@H]1CC2(CCCCC2)CN1C(=O)COc1ccc(Cl)cc1Cl. The molecule has 2 aliphatic carbocycles. The van der Waals surface area contributed by atoms with E-state index >= 15 is 0 Å². The van der Waals surface area contributed by atoms with Crippen molar-refractivity contribution in [3.63, 3.8) is 0 Å². The minimum Gasteiger partial charge on any atom is -0.482 e. The van der Waals surface area contributed by atoms with Crippen LogP contribution >= 0.6 is 23.2 Å². The van der Waals surface area contributed by atoms with Gasteiger partial charge in [0.15, 0.2) is 6.61 Å². The molecule has 0 unspecified atom stereocenters. The Hall–Kier alpha value is -2.50. The Labute approximate surface area is 227 Å². The van der Waals surface area contributed by atoms with E-state index in [1.165, 1.54) is 0 Å². The smallest absolute Gasteiger partial charge is 0.261 e. The van der Waals surface area contributed by atoms with Gasteiger partial charge in [0, 0.05) is 23.0 Å². The number of hydrogen-bond acceptors (Lipinski definition) is 5. The van der Waals surface area contributed by atoms with Crippen molar-refractivity contribution in [3.05, 3.63) is 28.2 Å². The van der Waals surface area contributed by atoms with Crippen LogP contribution in [-0.2, 0) is 14.4 Å². The zero-order chi connectivity index (χ0) is 26.2. The fourth-order valence-electron chi connectivity index (χ4n) is 6.38. The van der Waals surface area contributed by atoms with Gasteiger partial charge >= 0.3 is 0 Å². The first-order chi connectivity index (χ1) is 17.7. The molecule has 37 heavy (non-hydrogen) atoms. The number of nitriles is 1. The second kappa shape index (κ2) is 10.3. The van der Waals surface area contributed by atoms with Crippen LogP contribution in [0.5, 0.6) is 5.75 Å². The highest BCUT2D eigenvalue weighted by Gasteiger charge is 2.53. The van der Waals surface area contributed by atoms with Crippen molar-refractivity contribution in [1.82, 2.24) is 15.5 Å². The molecule has 1 aromatic carbocycles. The summed E-state index contributed by atoms with van der Waals surface area (Å²) in [6.45, 7) is 0.236. The number of rotatable bonds is 7. The summed E-state index contributed by atoms with van der Waals surface area (Å²) >= 11 is 12.1. The molecule has 2 spiro atoms. The number of hydrogen-bond donors (Lipinski definition) is 2. The normalized spacial score (nSPS) is 26.0. The van der Waals surface area contributed by atoms with Gasteiger partial charge in [0.2, 0.25) is 11.8 Å². The molecule has 4 fully saturated rings. The van der Waals surface area contributed by atoms with Gasteiger partial charge in [-0.15, -0.1) is 0 Å². The van der Waals surface area contributed by atoms with Crippen LogP contribution in [0.15, 0.2) is 18.2 Å². The quantitative estimate of drug-likeness (QED) is 0.537. The first-order valence-electron chi connectivity index (χ1n) is 13.1. The van der Waals surface area contributed by atoms with Crippen LogP contribution in [-0.4, -0.2) is 53.4 Å². The zero-order valence-corrected chi connectivity index (χ0v) is 22.2. The summed E-state index contributed by atoms with van der Waals surface area (Å²) in [6, 6.07) is 5.47. The lowest BCUT2D eigenvalue weighted by atomic mass is 9.72. The van der Waals surface area contributed by atoms with Crippen molar-refractivity contribution < 1.29 is 19.1 Å². The maximum atomic E-state index is 13.5. The number of carbonyl (C=O) groups is 3. The van der Waals surface area contributed by atoms with Gasteiger partial charge in [0.1, 0.15) is 17.8 Å². The van der Waals surface area contributed by atoms with Crippen LogP contribution < -0.4 is 15.4 Å². The number of carbonyl (C=O) groups excluding carboxylic acids is 3. The second-order valence-electron chi connectivity index (χ2n) is 11.3. The van der Waals surface area contributed by atoms with E-state index < -0.39 is 12.1 Å². The maximum Gasteiger partial charge on any atom is 0.261 e. The number of halogens is 2. The molecule has 3 amide bonds. The van der Waals surface area contributed by atoms with Gasteiger partial charge in [-0.1, -0.05) is 42.5 Å². The fourth-order valence-corrected chi connectivity index (χ4v) is 6.84. The molecule has 1 aromatic rings. The standard InChI is InChI=1S/C27H32Cl2N4O4/c28-18-4-5-22(20(29)11-18)37-15-23(34)33-16-26(6-2-1-3-7-26)13-21(33)25(36)31-19(14-30)10-17-12-27(8-9-27)32-24(17)35/h4-5,11,17,19,21H,1-3,6-10,12-13,15-16H2,(H,31,36)(H,32,35)/t17-,19+,21+/m1/s1. The summed E-state index contributed by atoms with van der Waals surface area (Å²) < 4.78 is 5.69. The van der Waals surface area contributed by atoms with Gasteiger partial charge in [-0.3, -0.25) is 14.4 Å². The largest absolute Gasteiger partial charge is 0.482 e. The lowest BCUT2D eigenvalue weighted by Crippen LogP contribution is -2.50. The highest BCUT2D eigenvalue weighted by molar-refractivity contribution is 6.35. The molecule has 0 bridgehead atoms. The Morgan fingerprint density at radius 1 is 1.19 bits per heavy atom. The van der Waals surface area contributed by atoms with Crippen molar-refractivity contribution in [1.29, 1.82) is 5.26 Å². The molecule has 10 heteroatoms. The van der Waals surface area contributed by atoms with E-state index in [1.807, 2.05) is 0 Å². The molecule has 2 saturated heterocycles. The number of ether oxygens (including phenoxy) is 1. The van der Waals surface area contributed by atoms with Crippen molar-refractivity contribution in [2.45, 2.75) is 81.8 Å². The Bertz CT molecular complexity index is 1130. The van der Waals surface area contributed by atoms with Gasteiger partial charge in [-0.05, 0) is 68.6 Å². The molecule has 3 atom stereocenters. The Morgan fingerprint density at radius 3 is 2.59 bits per heavy atom. The molecular weight excluding hydrogens is 515 g/mol. The number of likely N-dealkylation sites (tertiary alicyclic amines) is 1. The van der Waals surface area contributed by atoms with Crippen LogP contribution in [0.2, 0.25) is 10.0 Å². The topological polar surface area (TPSA) is 112 Å². The van der Waals surface area contributed by atoms with Crippen LogP contribution in [0.3, 0.4) is 0 Å². The number of amides is 3. The third-order valence-electron chi connectivity index (χ3n) is 8.53. The van der Waals surface area contributed by atoms with Crippen molar-refractivity contribution >= 4 is 40.9 Å². The van der Waals surface area contributed by atoms with E-state index in [0.29, 0.717) is 35.2 Å². The van der Waals surface area contributed by atoms with Crippen LogP contribution in [0.25, 0.3) is 0 Å². The molecule has 2 saturated carbocycles. The third-order valence-corrected chi connectivity index (χ3v) is 9.06. The second-order valence-corrected chi connectivity index (χ2v) is 12.1. The molecule has 0 radical (unpaired) electrons. The van der Waals surface area contributed by atoms with E-state index in [-0.39, 0.29) is 47.6 Å². The Morgan fingerprint density at radius 2 is 1.95 bits per heavy atom. The van der Waals surface area contributed by atoms with Crippen molar-refractivity contribution in [2.75, 3.05) is 13.2 Å². The third kappa shape index (κ3) is 5.68. The zero-order valence-electron chi connectivity index (χ0n) is 20.7. The number of nitrogens with zero attached hydrogens (tertiary/aromatic N) is 2.